The predicted octanol–water partition coefficient (Wildman–Crippen LogP) is -7.83. The Hall–Kier alpha value is 2.99. The Balaban J connectivity index is -0.000000195. The van der Waals surface area contributed by atoms with E-state index < -0.39 is 13.5 Å². The molecular formula is C17H37NNa3O6P. The second-order valence-electron chi connectivity index (χ2n) is 6.49. The van der Waals surface area contributed by atoms with E-state index in [1.807, 2.05) is 0 Å². The molecule has 0 radical (unpaired) electrons. The van der Waals surface area contributed by atoms with Crippen LogP contribution in [0, 0.1) is 0 Å². The van der Waals surface area contributed by atoms with Crippen molar-refractivity contribution in [3.8, 4) is 0 Å². The molecule has 0 fully saturated rings. The molecule has 0 spiro atoms. The number of rotatable bonds is 15. The van der Waals surface area contributed by atoms with E-state index in [1.165, 1.54) is 64.2 Å². The van der Waals surface area contributed by atoms with Crippen LogP contribution in [0.2, 0.25) is 0 Å². The molecule has 0 saturated carbocycles. The first-order valence-corrected chi connectivity index (χ1v) is 10.9. The maximum atomic E-state index is 10.1. The Kier molecular flexibility index (Phi) is 41.3. The largest absolute Gasteiger partial charge is 1.00 e. The van der Waals surface area contributed by atoms with Gasteiger partial charge in [0.05, 0.1) is 0 Å². The van der Waals surface area contributed by atoms with E-state index in [0.717, 1.165) is 12.8 Å². The zero-order valence-corrected chi connectivity index (χ0v) is 25.8. The zero-order valence-electron chi connectivity index (χ0n) is 18.9. The predicted molar refractivity (Wildman–Crippen MR) is 94.4 cm³/mol. The van der Waals surface area contributed by atoms with Gasteiger partial charge in [0.25, 0.3) is 0 Å². The summed E-state index contributed by atoms with van der Waals surface area (Å²) in [6.07, 6.45) is 15.6. The summed E-state index contributed by atoms with van der Waals surface area (Å²) in [4.78, 5) is 25.6. The molecule has 0 saturated heterocycles. The van der Waals surface area contributed by atoms with E-state index in [9.17, 15) is 5.11 Å². The van der Waals surface area contributed by atoms with Crippen LogP contribution >= 0.6 is 7.82 Å². The van der Waals surface area contributed by atoms with Crippen molar-refractivity contribution >= 4 is 7.82 Å². The first-order chi connectivity index (χ1) is 11.7. The first-order valence-electron chi connectivity index (χ1n) is 9.43. The van der Waals surface area contributed by atoms with E-state index in [2.05, 4.69) is 12.2 Å². The minimum atomic E-state index is -5.39. The molecule has 1 atom stereocenters. The third-order valence-electron chi connectivity index (χ3n) is 4.18. The summed E-state index contributed by atoms with van der Waals surface area (Å²) >= 11 is 0. The quantitative estimate of drug-likeness (QED) is 0.0973. The summed E-state index contributed by atoms with van der Waals surface area (Å²) in [7, 11) is -3.63. The van der Waals surface area contributed by atoms with Gasteiger partial charge in [-0.25, -0.2) is 0 Å². The van der Waals surface area contributed by atoms with Crippen LogP contribution in [-0.4, -0.2) is 29.6 Å². The third kappa shape index (κ3) is 39.5. The Morgan fingerprint density at radius 1 is 0.786 bits per heavy atom. The van der Waals surface area contributed by atoms with Crippen LogP contribution < -0.4 is 109 Å². The number of hydrogen-bond donors (Lipinski definition) is 3. The summed E-state index contributed by atoms with van der Waals surface area (Å²) in [6.45, 7) is 2.30. The average Bonchev–Trinajstić information content (AvgIpc) is 2.51. The maximum Gasteiger partial charge on any atom is 1.00 e. The zero-order chi connectivity index (χ0) is 19.6. The van der Waals surface area contributed by atoms with Crippen LogP contribution in [0.3, 0.4) is 0 Å². The van der Waals surface area contributed by atoms with Gasteiger partial charge in [-0.2, -0.15) is 7.82 Å². The summed E-state index contributed by atoms with van der Waals surface area (Å²) in [5.74, 6) is 0. The molecule has 1 unspecified atom stereocenters. The SMILES string of the molecule is CCCCCCCCCCCCCC(O)(CCO)NC.O=P([O-])([O-])[O-].[Na+].[Na+].[Na+]. The van der Waals surface area contributed by atoms with Crippen molar-refractivity contribution in [2.24, 2.45) is 0 Å². The molecule has 0 amide bonds. The van der Waals surface area contributed by atoms with E-state index in [-0.39, 0.29) is 95.3 Å². The molecule has 0 heterocycles. The van der Waals surface area contributed by atoms with E-state index in [4.69, 9.17) is 24.4 Å². The molecule has 0 aliphatic heterocycles. The van der Waals surface area contributed by atoms with E-state index in [0.29, 0.717) is 6.42 Å². The second kappa shape index (κ2) is 28.0. The van der Waals surface area contributed by atoms with Gasteiger partial charge in [0, 0.05) is 13.0 Å². The minimum Gasteiger partial charge on any atom is -0.822 e. The van der Waals surface area contributed by atoms with Gasteiger partial charge in [-0.1, -0.05) is 71.1 Å². The Bertz CT molecular complexity index is 332. The molecule has 28 heavy (non-hydrogen) atoms. The summed E-state index contributed by atoms with van der Waals surface area (Å²) in [6, 6.07) is 0. The Labute approximate surface area is 238 Å². The van der Waals surface area contributed by atoms with Crippen LogP contribution in [0.5, 0.6) is 0 Å². The Morgan fingerprint density at radius 2 is 1.11 bits per heavy atom. The van der Waals surface area contributed by atoms with Crippen LogP contribution in [0.15, 0.2) is 0 Å². The van der Waals surface area contributed by atoms with Gasteiger partial charge in [-0.15, -0.1) is 0 Å². The molecule has 7 nitrogen and oxygen atoms in total. The molecule has 0 aliphatic carbocycles. The normalized spacial score (nSPS) is 12.4. The third-order valence-corrected chi connectivity index (χ3v) is 4.18. The minimum absolute atomic E-state index is 0. The van der Waals surface area contributed by atoms with Crippen LogP contribution in [0.25, 0.3) is 0 Å². The van der Waals surface area contributed by atoms with Crippen molar-refractivity contribution in [2.45, 2.75) is 96.1 Å². The fourth-order valence-electron chi connectivity index (χ4n) is 2.64. The standard InChI is InChI=1S/C17H37NO2.3Na.H3O4P/c1-3-4-5-6-7-8-9-10-11-12-13-14-17(20,18-2)15-16-19;;;;1-5(2,3)4/h18-20H,3-16H2,1-2H3;;;;(H3,1,2,3,4)/q;3*+1;/p-3. The fourth-order valence-corrected chi connectivity index (χ4v) is 2.64. The molecule has 154 valence electrons. The van der Waals surface area contributed by atoms with Crippen molar-refractivity contribution in [3.05, 3.63) is 0 Å². The van der Waals surface area contributed by atoms with Crippen molar-refractivity contribution in [3.63, 3.8) is 0 Å². The van der Waals surface area contributed by atoms with Gasteiger partial charge in [-0.3, -0.25) is 5.32 Å². The number of phosphoric acid groups is 1. The molecule has 0 rings (SSSR count). The molecule has 0 aromatic heterocycles. The van der Waals surface area contributed by atoms with Crippen molar-refractivity contribution < 1.29 is 118 Å². The fraction of sp³-hybridized carbons (Fsp3) is 1.00. The van der Waals surface area contributed by atoms with Gasteiger partial charge in [0.1, 0.15) is 5.72 Å². The molecule has 0 aliphatic rings. The molecule has 0 bridgehead atoms. The van der Waals surface area contributed by atoms with Gasteiger partial charge in [0.15, 0.2) is 0 Å². The van der Waals surface area contributed by atoms with Gasteiger partial charge in [-0.05, 0) is 19.9 Å². The molecule has 11 heteroatoms. The number of aliphatic hydroxyl groups is 2. The smallest absolute Gasteiger partial charge is 0.822 e. The number of unbranched alkanes of at least 4 members (excludes halogenated alkanes) is 10. The van der Waals surface area contributed by atoms with Crippen LogP contribution in [0.4, 0.5) is 0 Å². The van der Waals surface area contributed by atoms with E-state index in [1.54, 1.807) is 7.05 Å². The summed E-state index contributed by atoms with van der Waals surface area (Å²) < 4.78 is 8.55. The molecule has 0 aromatic carbocycles. The van der Waals surface area contributed by atoms with Crippen LogP contribution in [0.1, 0.15) is 90.4 Å². The maximum absolute atomic E-state index is 10.1. The number of hydrogen-bond acceptors (Lipinski definition) is 7. The summed E-state index contributed by atoms with van der Waals surface area (Å²) in [5, 5.41) is 21.9. The molecular weight excluding hydrogens is 414 g/mol. The van der Waals surface area contributed by atoms with Gasteiger partial charge >= 0.3 is 88.7 Å². The van der Waals surface area contributed by atoms with E-state index >= 15 is 0 Å². The van der Waals surface area contributed by atoms with Crippen molar-refractivity contribution in [1.82, 2.24) is 5.32 Å². The van der Waals surface area contributed by atoms with Crippen LogP contribution in [-0.2, 0) is 4.57 Å². The number of nitrogens with one attached hydrogen (secondary N) is 1. The molecule has 0 aromatic rings. The second-order valence-corrected chi connectivity index (χ2v) is 7.38. The van der Waals surface area contributed by atoms with Gasteiger partial charge < -0.3 is 29.5 Å². The first kappa shape index (κ1) is 41.3. The average molecular weight is 451 g/mol. The van der Waals surface area contributed by atoms with Crippen molar-refractivity contribution in [1.29, 1.82) is 0 Å². The monoisotopic (exact) mass is 451 g/mol. The summed E-state index contributed by atoms with van der Waals surface area (Å²) in [5.41, 5.74) is -0.867. The number of aliphatic hydroxyl groups excluding tert-OH is 1. The van der Waals surface area contributed by atoms with Crippen molar-refractivity contribution in [2.75, 3.05) is 13.7 Å². The molecule has 3 N–H and O–H groups in total. The Morgan fingerprint density at radius 3 is 1.39 bits per heavy atom. The van der Waals surface area contributed by atoms with Gasteiger partial charge in [0.2, 0.25) is 0 Å². The topological polar surface area (TPSA) is 139 Å².